The molecular weight excluding hydrogens is 256 g/mol. The Balaban J connectivity index is 2.17. The summed E-state index contributed by atoms with van der Waals surface area (Å²) in [5, 5.41) is 2.63. The average Bonchev–Trinajstić information content (AvgIpc) is 2.53. The number of alkyl carbamates (subject to hydrolysis) is 1. The summed E-state index contributed by atoms with van der Waals surface area (Å²) in [6.45, 7) is 1.51. The predicted molar refractivity (Wildman–Crippen MR) is 75.2 cm³/mol. The maximum Gasteiger partial charge on any atom is 0.407 e. The highest BCUT2D eigenvalue weighted by atomic mass is 16.5. The van der Waals surface area contributed by atoms with E-state index in [-0.39, 0.29) is 5.91 Å². The molecule has 1 heterocycles. The van der Waals surface area contributed by atoms with E-state index in [9.17, 15) is 9.59 Å². The Kier molecular flexibility index (Phi) is 4.98. The molecule has 5 nitrogen and oxygen atoms in total. The van der Waals surface area contributed by atoms with E-state index in [1.165, 1.54) is 7.11 Å². The van der Waals surface area contributed by atoms with Crippen LogP contribution in [-0.2, 0) is 9.53 Å². The highest BCUT2D eigenvalue weighted by Crippen LogP contribution is 2.19. The summed E-state index contributed by atoms with van der Waals surface area (Å²) in [6.07, 6.45) is 2.60. The van der Waals surface area contributed by atoms with Gasteiger partial charge in [0, 0.05) is 13.1 Å². The normalized spacial score (nSPS) is 16.4. The number of carbonyl (C=O) groups is 2. The van der Waals surface area contributed by atoms with E-state index in [0.717, 1.165) is 37.9 Å². The molecule has 1 fully saturated rings. The molecule has 1 atom stereocenters. The highest BCUT2D eigenvalue weighted by Gasteiger charge is 2.28. The first-order valence-electron chi connectivity index (χ1n) is 6.90. The Hall–Kier alpha value is -2.04. The van der Waals surface area contributed by atoms with Crippen molar-refractivity contribution in [2.75, 3.05) is 20.2 Å². The molecule has 1 N–H and O–H groups in total. The molecule has 2 amide bonds. The maximum absolute atomic E-state index is 12.6. The van der Waals surface area contributed by atoms with Gasteiger partial charge < -0.3 is 15.0 Å². The van der Waals surface area contributed by atoms with Crippen LogP contribution in [0.2, 0.25) is 0 Å². The van der Waals surface area contributed by atoms with Crippen molar-refractivity contribution in [1.82, 2.24) is 10.2 Å². The molecule has 0 spiro atoms. The average molecular weight is 276 g/mol. The minimum Gasteiger partial charge on any atom is -0.453 e. The van der Waals surface area contributed by atoms with Gasteiger partial charge in [0.15, 0.2) is 0 Å². The summed E-state index contributed by atoms with van der Waals surface area (Å²) in [4.78, 5) is 25.9. The van der Waals surface area contributed by atoms with Gasteiger partial charge in [0.05, 0.1) is 7.11 Å². The van der Waals surface area contributed by atoms with Crippen LogP contribution >= 0.6 is 0 Å². The monoisotopic (exact) mass is 276 g/mol. The molecule has 1 aromatic rings. The van der Waals surface area contributed by atoms with Gasteiger partial charge in [-0.05, 0) is 24.8 Å². The van der Waals surface area contributed by atoms with E-state index in [4.69, 9.17) is 0 Å². The van der Waals surface area contributed by atoms with Crippen molar-refractivity contribution >= 4 is 12.0 Å². The number of piperidine rings is 1. The van der Waals surface area contributed by atoms with Crippen molar-refractivity contribution in [2.45, 2.75) is 25.3 Å². The van der Waals surface area contributed by atoms with E-state index >= 15 is 0 Å². The quantitative estimate of drug-likeness (QED) is 0.919. The molecule has 1 aliphatic rings. The van der Waals surface area contributed by atoms with Crippen molar-refractivity contribution in [2.24, 2.45) is 0 Å². The smallest absolute Gasteiger partial charge is 0.407 e. The van der Waals surface area contributed by atoms with Crippen LogP contribution in [0.4, 0.5) is 4.79 Å². The van der Waals surface area contributed by atoms with Crippen LogP contribution in [0.25, 0.3) is 0 Å². The Bertz CT molecular complexity index is 455. The molecule has 1 aliphatic heterocycles. The summed E-state index contributed by atoms with van der Waals surface area (Å²) in [5.74, 6) is -0.0682. The van der Waals surface area contributed by atoms with Crippen LogP contribution in [0.15, 0.2) is 30.3 Å². The number of nitrogens with one attached hydrogen (secondary N) is 1. The van der Waals surface area contributed by atoms with E-state index in [1.807, 2.05) is 35.2 Å². The molecular formula is C15H20N2O3. The number of nitrogens with zero attached hydrogens (tertiary/aromatic N) is 1. The lowest BCUT2D eigenvalue weighted by molar-refractivity contribution is -0.134. The second-order valence-electron chi connectivity index (χ2n) is 4.87. The van der Waals surface area contributed by atoms with Gasteiger partial charge in [0.25, 0.3) is 0 Å². The number of carbonyl (C=O) groups excluding carboxylic acids is 2. The second kappa shape index (κ2) is 6.93. The number of methoxy groups -OCH3 is 1. The lowest BCUT2D eigenvalue weighted by Gasteiger charge is -2.30. The van der Waals surface area contributed by atoms with Crippen molar-refractivity contribution in [3.63, 3.8) is 0 Å². The molecule has 0 bridgehead atoms. The van der Waals surface area contributed by atoms with Crippen molar-refractivity contribution < 1.29 is 14.3 Å². The zero-order chi connectivity index (χ0) is 14.4. The van der Waals surface area contributed by atoms with E-state index in [0.29, 0.717) is 0 Å². The Labute approximate surface area is 118 Å². The number of benzene rings is 1. The number of rotatable bonds is 3. The number of hydrogen-bond acceptors (Lipinski definition) is 3. The second-order valence-corrected chi connectivity index (χ2v) is 4.87. The number of hydrogen-bond donors (Lipinski definition) is 1. The molecule has 2 rings (SSSR count). The van der Waals surface area contributed by atoms with E-state index < -0.39 is 12.1 Å². The minimum absolute atomic E-state index is 0.0682. The van der Waals surface area contributed by atoms with Gasteiger partial charge in [0.1, 0.15) is 6.04 Å². The third-order valence-corrected chi connectivity index (χ3v) is 3.50. The predicted octanol–water partition coefficient (Wildman–Crippen LogP) is 2.10. The molecule has 0 aromatic heterocycles. The molecule has 20 heavy (non-hydrogen) atoms. The lowest BCUT2D eigenvalue weighted by atomic mass is 10.0. The van der Waals surface area contributed by atoms with Crippen molar-refractivity contribution in [3.05, 3.63) is 35.9 Å². The van der Waals surface area contributed by atoms with Gasteiger partial charge >= 0.3 is 6.09 Å². The standard InChI is InChI=1S/C15H20N2O3/c1-20-15(19)16-13(12-8-4-2-5-9-12)14(18)17-10-6-3-7-11-17/h2,4-5,8-9,13H,3,6-7,10-11H2,1H3,(H,16,19)/t13-/m0/s1. The lowest BCUT2D eigenvalue weighted by Crippen LogP contribution is -2.44. The minimum atomic E-state index is -0.679. The van der Waals surface area contributed by atoms with Crippen LogP contribution in [0.5, 0.6) is 0 Å². The van der Waals surface area contributed by atoms with Gasteiger partial charge in [-0.3, -0.25) is 4.79 Å². The van der Waals surface area contributed by atoms with Crippen molar-refractivity contribution in [3.8, 4) is 0 Å². The molecule has 1 saturated heterocycles. The topological polar surface area (TPSA) is 58.6 Å². The fourth-order valence-corrected chi connectivity index (χ4v) is 2.41. The van der Waals surface area contributed by atoms with Gasteiger partial charge in [-0.15, -0.1) is 0 Å². The molecule has 1 aromatic carbocycles. The Morgan fingerprint density at radius 1 is 1.15 bits per heavy atom. The molecule has 108 valence electrons. The van der Waals surface area contributed by atoms with Gasteiger partial charge in [0.2, 0.25) is 5.91 Å². The molecule has 5 heteroatoms. The summed E-state index contributed by atoms with van der Waals surface area (Å²) in [7, 11) is 1.29. The zero-order valence-corrected chi connectivity index (χ0v) is 11.7. The third kappa shape index (κ3) is 3.50. The van der Waals surface area contributed by atoms with E-state index in [2.05, 4.69) is 10.1 Å². The Morgan fingerprint density at radius 3 is 2.40 bits per heavy atom. The van der Waals surface area contributed by atoms with E-state index in [1.54, 1.807) is 0 Å². The SMILES string of the molecule is COC(=O)N[C@H](C(=O)N1CCCCC1)c1ccccc1. The molecule has 0 radical (unpaired) electrons. The largest absolute Gasteiger partial charge is 0.453 e. The summed E-state index contributed by atoms with van der Waals surface area (Å²) in [5.41, 5.74) is 0.772. The van der Waals surface area contributed by atoms with Crippen LogP contribution in [0.1, 0.15) is 30.9 Å². The van der Waals surface area contributed by atoms with Crippen LogP contribution in [-0.4, -0.2) is 37.1 Å². The molecule has 0 saturated carbocycles. The maximum atomic E-state index is 12.6. The Morgan fingerprint density at radius 2 is 1.80 bits per heavy atom. The van der Waals surface area contributed by atoms with Gasteiger partial charge in [-0.2, -0.15) is 0 Å². The van der Waals surface area contributed by atoms with Gasteiger partial charge in [-0.1, -0.05) is 30.3 Å². The van der Waals surface area contributed by atoms with Gasteiger partial charge in [-0.25, -0.2) is 4.79 Å². The van der Waals surface area contributed by atoms with Crippen LogP contribution in [0, 0.1) is 0 Å². The number of ether oxygens (including phenoxy) is 1. The van der Waals surface area contributed by atoms with Crippen LogP contribution < -0.4 is 5.32 Å². The summed E-state index contributed by atoms with van der Waals surface area (Å²) >= 11 is 0. The fraction of sp³-hybridized carbons (Fsp3) is 0.467. The first-order chi connectivity index (χ1) is 9.72. The van der Waals surface area contributed by atoms with Crippen molar-refractivity contribution in [1.29, 1.82) is 0 Å². The highest BCUT2D eigenvalue weighted by molar-refractivity contribution is 5.87. The first kappa shape index (κ1) is 14.4. The molecule has 0 unspecified atom stereocenters. The first-order valence-corrected chi connectivity index (χ1v) is 6.90. The van der Waals surface area contributed by atoms with Crippen LogP contribution in [0.3, 0.4) is 0 Å². The summed E-state index contributed by atoms with van der Waals surface area (Å²) in [6, 6.07) is 8.58. The zero-order valence-electron chi connectivity index (χ0n) is 11.7. The number of likely N-dealkylation sites (tertiary alicyclic amines) is 1. The molecule has 0 aliphatic carbocycles. The fourth-order valence-electron chi connectivity index (χ4n) is 2.41. The number of amides is 2. The summed E-state index contributed by atoms with van der Waals surface area (Å²) < 4.78 is 4.62. The third-order valence-electron chi connectivity index (χ3n) is 3.50.